The van der Waals surface area contributed by atoms with E-state index >= 15 is 0 Å². The van der Waals surface area contributed by atoms with Crippen molar-refractivity contribution in [2.24, 2.45) is 0 Å². The highest BCUT2D eigenvalue weighted by Crippen LogP contribution is 2.22. The lowest BCUT2D eigenvalue weighted by Gasteiger charge is -2.21. The molecule has 1 aliphatic heterocycles. The van der Waals surface area contributed by atoms with E-state index in [4.69, 9.17) is 9.40 Å². The Morgan fingerprint density at radius 2 is 2.15 bits per heavy atom. The number of carbonyl (C=O) groups is 1. The van der Waals surface area contributed by atoms with Crippen molar-refractivity contribution < 1.29 is 9.21 Å². The molecule has 0 unspecified atom stereocenters. The molecule has 26 heavy (non-hydrogen) atoms. The van der Waals surface area contributed by atoms with Gasteiger partial charge in [-0.15, -0.1) is 11.3 Å². The van der Waals surface area contributed by atoms with Gasteiger partial charge < -0.3 is 14.6 Å². The zero-order valence-corrected chi connectivity index (χ0v) is 15.1. The number of nitrogens with one attached hydrogen (secondary N) is 1. The van der Waals surface area contributed by atoms with Crippen molar-refractivity contribution in [2.75, 3.05) is 18.0 Å². The third kappa shape index (κ3) is 3.37. The van der Waals surface area contributed by atoms with E-state index in [2.05, 4.69) is 10.2 Å². The number of thiophene rings is 1. The Morgan fingerprint density at radius 1 is 1.31 bits per heavy atom. The molecule has 3 aromatic rings. The Morgan fingerprint density at radius 3 is 2.92 bits per heavy atom. The number of nitrogens with zero attached hydrogens (tertiary/aromatic N) is 3. The van der Waals surface area contributed by atoms with Gasteiger partial charge in [0.05, 0.1) is 18.3 Å². The summed E-state index contributed by atoms with van der Waals surface area (Å²) in [5, 5.41) is 4.70. The topological polar surface area (TPSA) is 80.4 Å². The number of fused-ring (bicyclic) bond motifs is 1. The second-order valence-electron chi connectivity index (χ2n) is 6.30. The smallest absolute Gasteiger partial charge is 0.272 e. The maximum atomic E-state index is 12.9. The predicted octanol–water partition coefficient (Wildman–Crippen LogP) is 2.36. The summed E-state index contributed by atoms with van der Waals surface area (Å²) in [6, 6.07) is 5.47. The highest BCUT2D eigenvalue weighted by Gasteiger charge is 2.21. The molecule has 0 radical (unpaired) electrons. The van der Waals surface area contributed by atoms with E-state index in [0.717, 1.165) is 31.4 Å². The first-order valence-electron chi connectivity index (χ1n) is 8.74. The molecule has 0 aromatic carbocycles. The van der Waals surface area contributed by atoms with E-state index in [1.165, 1.54) is 11.3 Å². The number of hydrogen-bond donors (Lipinski definition) is 1. The van der Waals surface area contributed by atoms with E-state index in [1.54, 1.807) is 16.9 Å². The van der Waals surface area contributed by atoms with Crippen molar-refractivity contribution in [3.8, 4) is 0 Å². The predicted molar refractivity (Wildman–Crippen MR) is 100 cm³/mol. The van der Waals surface area contributed by atoms with Gasteiger partial charge in [0.15, 0.2) is 0 Å². The van der Waals surface area contributed by atoms with Crippen LogP contribution in [0.3, 0.4) is 0 Å². The second kappa shape index (κ2) is 7.33. The zero-order valence-electron chi connectivity index (χ0n) is 14.3. The first-order chi connectivity index (χ1) is 12.7. The van der Waals surface area contributed by atoms with E-state index in [-0.39, 0.29) is 17.9 Å². The normalized spacial score (nSPS) is 14.2. The minimum Gasteiger partial charge on any atom is -0.467 e. The average molecular weight is 372 g/mol. The van der Waals surface area contributed by atoms with Crippen LogP contribution in [-0.4, -0.2) is 28.5 Å². The van der Waals surface area contributed by atoms with E-state index < -0.39 is 0 Å². The molecule has 0 spiro atoms. The van der Waals surface area contributed by atoms with E-state index in [1.807, 2.05) is 17.5 Å². The molecule has 8 heteroatoms. The maximum absolute atomic E-state index is 12.9. The van der Waals surface area contributed by atoms with Gasteiger partial charge in [0.1, 0.15) is 10.5 Å². The highest BCUT2D eigenvalue weighted by atomic mass is 32.1. The first kappa shape index (κ1) is 16.8. The van der Waals surface area contributed by atoms with Crippen LogP contribution in [0.5, 0.6) is 0 Å². The number of carbonyl (C=O) groups excluding carboxylic acids is 1. The molecule has 1 amide bonds. The number of rotatable bonds is 6. The van der Waals surface area contributed by atoms with Crippen LogP contribution in [0.25, 0.3) is 10.2 Å². The van der Waals surface area contributed by atoms with Crippen molar-refractivity contribution in [3.05, 3.63) is 46.0 Å². The standard InChI is InChI=1S/C18H20N4O3S/c23-15(19-12-13-4-3-10-25-13)5-9-22-17(24)16-14(6-11-26-16)20-18(22)21-7-1-2-8-21/h3-4,6,10-11H,1-2,5,7-9,12H2,(H,19,23). The van der Waals surface area contributed by atoms with Gasteiger partial charge in [-0.05, 0) is 36.4 Å². The Balaban J connectivity index is 1.52. The largest absolute Gasteiger partial charge is 0.467 e. The van der Waals surface area contributed by atoms with Gasteiger partial charge in [-0.2, -0.15) is 0 Å². The van der Waals surface area contributed by atoms with Crippen molar-refractivity contribution in [3.63, 3.8) is 0 Å². The molecule has 1 saturated heterocycles. The summed E-state index contributed by atoms with van der Waals surface area (Å²) >= 11 is 1.39. The number of amides is 1. The molecule has 1 N–H and O–H groups in total. The van der Waals surface area contributed by atoms with Crippen LogP contribution in [0, 0.1) is 0 Å². The molecule has 1 aliphatic rings. The summed E-state index contributed by atoms with van der Waals surface area (Å²) < 4.78 is 7.50. The van der Waals surface area contributed by atoms with Crippen LogP contribution in [0.1, 0.15) is 25.0 Å². The fourth-order valence-corrected chi connectivity index (χ4v) is 3.97. The lowest BCUT2D eigenvalue weighted by molar-refractivity contribution is -0.121. The number of anilines is 1. The average Bonchev–Trinajstić information content (AvgIpc) is 3.41. The van der Waals surface area contributed by atoms with E-state index in [0.29, 0.717) is 29.5 Å². The molecule has 4 heterocycles. The van der Waals surface area contributed by atoms with Gasteiger partial charge in [-0.25, -0.2) is 4.98 Å². The van der Waals surface area contributed by atoms with Crippen LogP contribution in [-0.2, 0) is 17.9 Å². The molecule has 0 saturated carbocycles. The van der Waals surface area contributed by atoms with Crippen molar-refractivity contribution >= 4 is 33.4 Å². The van der Waals surface area contributed by atoms with Crippen molar-refractivity contribution in [1.29, 1.82) is 0 Å². The van der Waals surface area contributed by atoms with E-state index in [9.17, 15) is 9.59 Å². The van der Waals surface area contributed by atoms with Crippen LogP contribution >= 0.6 is 11.3 Å². The van der Waals surface area contributed by atoms with Crippen LogP contribution in [0.2, 0.25) is 0 Å². The fraction of sp³-hybridized carbons (Fsp3) is 0.389. The Hall–Kier alpha value is -2.61. The minimum atomic E-state index is -0.119. The zero-order chi connectivity index (χ0) is 17.9. The fourth-order valence-electron chi connectivity index (χ4n) is 3.19. The second-order valence-corrected chi connectivity index (χ2v) is 7.22. The van der Waals surface area contributed by atoms with Crippen molar-refractivity contribution in [2.45, 2.75) is 32.4 Å². The molecule has 3 aromatic heterocycles. The highest BCUT2D eigenvalue weighted by molar-refractivity contribution is 7.17. The molecule has 0 bridgehead atoms. The molecule has 0 aliphatic carbocycles. The third-order valence-corrected chi connectivity index (χ3v) is 5.43. The summed E-state index contributed by atoms with van der Waals surface area (Å²) in [4.78, 5) is 31.9. The lowest BCUT2D eigenvalue weighted by Crippen LogP contribution is -2.32. The summed E-state index contributed by atoms with van der Waals surface area (Å²) in [5.74, 6) is 1.26. The molecule has 0 atom stereocenters. The molecular weight excluding hydrogens is 352 g/mol. The van der Waals surface area contributed by atoms with Crippen LogP contribution in [0.15, 0.2) is 39.1 Å². The first-order valence-corrected chi connectivity index (χ1v) is 9.62. The summed E-state index contributed by atoms with van der Waals surface area (Å²) in [6.45, 7) is 2.46. The quantitative estimate of drug-likeness (QED) is 0.718. The summed E-state index contributed by atoms with van der Waals surface area (Å²) in [7, 11) is 0. The van der Waals surface area contributed by atoms with Crippen LogP contribution in [0.4, 0.5) is 5.95 Å². The van der Waals surface area contributed by atoms with Crippen LogP contribution < -0.4 is 15.8 Å². The van der Waals surface area contributed by atoms with Gasteiger partial charge in [-0.1, -0.05) is 0 Å². The summed E-state index contributed by atoms with van der Waals surface area (Å²) in [6.07, 6.45) is 3.99. The van der Waals surface area contributed by atoms with Gasteiger partial charge in [0.2, 0.25) is 11.9 Å². The summed E-state index contributed by atoms with van der Waals surface area (Å²) in [5.41, 5.74) is 0.672. The SMILES string of the molecule is O=C(CCn1c(N2CCCC2)nc2ccsc2c1=O)NCc1ccco1. The number of aromatic nitrogens is 2. The lowest BCUT2D eigenvalue weighted by atomic mass is 10.3. The van der Waals surface area contributed by atoms with Gasteiger partial charge >= 0.3 is 0 Å². The minimum absolute atomic E-state index is 0.0641. The Bertz CT molecular complexity index is 955. The molecule has 1 fully saturated rings. The van der Waals surface area contributed by atoms with Gasteiger partial charge in [0, 0.05) is 26.1 Å². The third-order valence-electron chi connectivity index (χ3n) is 4.54. The molecule has 7 nitrogen and oxygen atoms in total. The molecular formula is C18H20N4O3S. The van der Waals surface area contributed by atoms with Gasteiger partial charge in [-0.3, -0.25) is 14.2 Å². The van der Waals surface area contributed by atoms with Crippen molar-refractivity contribution in [1.82, 2.24) is 14.9 Å². The Labute approximate surface area is 154 Å². The monoisotopic (exact) mass is 372 g/mol. The molecule has 136 valence electrons. The Kier molecular flexibility index (Phi) is 4.75. The maximum Gasteiger partial charge on any atom is 0.272 e. The van der Waals surface area contributed by atoms with Gasteiger partial charge in [0.25, 0.3) is 5.56 Å². The number of furan rings is 1. The number of hydrogen-bond acceptors (Lipinski definition) is 6. The molecule has 4 rings (SSSR count).